The molecular formula is C16H24O. The van der Waals surface area contributed by atoms with Gasteiger partial charge in [-0.25, -0.2) is 0 Å². The lowest BCUT2D eigenvalue weighted by atomic mass is 9.92. The molecule has 0 aliphatic carbocycles. The Labute approximate surface area is 105 Å². The number of rotatable bonds is 6. The van der Waals surface area contributed by atoms with E-state index in [1.807, 2.05) is 0 Å². The summed E-state index contributed by atoms with van der Waals surface area (Å²) in [6, 6.07) is 6.34. The Balaban J connectivity index is 2.97. The molecule has 0 aliphatic rings. The first-order valence-electron chi connectivity index (χ1n) is 6.77. The van der Waals surface area contributed by atoms with Gasteiger partial charge in [0, 0.05) is 12.0 Å². The van der Waals surface area contributed by atoms with Crippen molar-refractivity contribution in [3.8, 4) is 0 Å². The molecule has 0 N–H and O–H groups in total. The molecule has 1 nitrogen and oxygen atoms in total. The minimum Gasteiger partial charge on any atom is -0.294 e. The van der Waals surface area contributed by atoms with Gasteiger partial charge in [0.05, 0.1) is 0 Å². The van der Waals surface area contributed by atoms with Crippen molar-refractivity contribution in [3.63, 3.8) is 0 Å². The Hall–Kier alpha value is -1.11. The van der Waals surface area contributed by atoms with Crippen LogP contribution >= 0.6 is 0 Å². The number of aryl methyl sites for hydroxylation is 2. The van der Waals surface area contributed by atoms with Crippen molar-refractivity contribution in [2.75, 3.05) is 0 Å². The number of ketones is 1. The zero-order valence-electron chi connectivity index (χ0n) is 11.5. The van der Waals surface area contributed by atoms with E-state index < -0.39 is 0 Å². The number of benzene rings is 1. The Morgan fingerprint density at radius 1 is 1.18 bits per heavy atom. The monoisotopic (exact) mass is 232 g/mol. The summed E-state index contributed by atoms with van der Waals surface area (Å²) in [7, 11) is 0. The van der Waals surface area contributed by atoms with Gasteiger partial charge in [-0.1, -0.05) is 46.2 Å². The van der Waals surface area contributed by atoms with E-state index >= 15 is 0 Å². The largest absolute Gasteiger partial charge is 0.294 e. The van der Waals surface area contributed by atoms with E-state index in [1.165, 1.54) is 11.1 Å². The average molecular weight is 232 g/mol. The van der Waals surface area contributed by atoms with E-state index in [1.54, 1.807) is 0 Å². The van der Waals surface area contributed by atoms with Crippen molar-refractivity contribution >= 4 is 5.78 Å². The summed E-state index contributed by atoms with van der Waals surface area (Å²) in [5, 5.41) is 0. The minimum absolute atomic E-state index is 0.312. The molecule has 0 heterocycles. The molecule has 94 valence electrons. The summed E-state index contributed by atoms with van der Waals surface area (Å²) < 4.78 is 0. The second-order valence-electron chi connectivity index (χ2n) is 4.84. The van der Waals surface area contributed by atoms with E-state index in [0.29, 0.717) is 18.1 Å². The van der Waals surface area contributed by atoms with Crippen LogP contribution in [0.2, 0.25) is 0 Å². The maximum Gasteiger partial charge on any atom is 0.163 e. The Bertz CT molecular complexity index is 379. The van der Waals surface area contributed by atoms with Gasteiger partial charge in [0.25, 0.3) is 0 Å². The van der Waals surface area contributed by atoms with E-state index in [2.05, 4.69) is 45.9 Å². The average Bonchev–Trinajstić information content (AvgIpc) is 2.37. The van der Waals surface area contributed by atoms with Crippen molar-refractivity contribution < 1.29 is 4.79 Å². The summed E-state index contributed by atoms with van der Waals surface area (Å²) in [6.07, 6.45) is 3.68. The summed E-state index contributed by atoms with van der Waals surface area (Å²) in [5.41, 5.74) is 3.40. The van der Waals surface area contributed by atoms with Gasteiger partial charge in [-0.15, -0.1) is 0 Å². The molecule has 1 atom stereocenters. The molecule has 0 bridgehead atoms. The lowest BCUT2D eigenvalue weighted by Crippen LogP contribution is -2.08. The van der Waals surface area contributed by atoms with Crippen LogP contribution in [0.4, 0.5) is 0 Å². The van der Waals surface area contributed by atoms with Crippen LogP contribution in [0, 0.1) is 5.92 Å². The fourth-order valence-corrected chi connectivity index (χ4v) is 1.98. The number of carbonyl (C=O) groups excluding carboxylic acids is 1. The molecule has 1 heteroatoms. The van der Waals surface area contributed by atoms with Gasteiger partial charge in [0.1, 0.15) is 0 Å². The first-order valence-corrected chi connectivity index (χ1v) is 6.77. The summed E-state index contributed by atoms with van der Waals surface area (Å²) in [5.74, 6) is 0.795. The molecule has 0 radical (unpaired) electrons. The van der Waals surface area contributed by atoms with E-state index in [9.17, 15) is 4.79 Å². The lowest BCUT2D eigenvalue weighted by molar-refractivity contribution is 0.0962. The standard InChI is InChI=1S/C16H24O/c1-5-12(4)10-16(17)15-11-13(6-2)8-9-14(15)7-3/h8-9,11-12H,5-7,10H2,1-4H3. The quantitative estimate of drug-likeness (QED) is 0.663. The maximum absolute atomic E-state index is 12.3. The highest BCUT2D eigenvalue weighted by molar-refractivity contribution is 5.97. The van der Waals surface area contributed by atoms with Crippen molar-refractivity contribution in [2.45, 2.75) is 53.4 Å². The first-order chi connectivity index (χ1) is 8.12. The molecule has 0 saturated heterocycles. The highest BCUT2D eigenvalue weighted by Crippen LogP contribution is 2.18. The third-order valence-electron chi connectivity index (χ3n) is 3.49. The molecule has 0 spiro atoms. The molecule has 1 rings (SSSR count). The molecule has 0 saturated carbocycles. The molecule has 1 unspecified atom stereocenters. The highest BCUT2D eigenvalue weighted by Gasteiger charge is 2.13. The Morgan fingerprint density at radius 3 is 2.41 bits per heavy atom. The molecule has 17 heavy (non-hydrogen) atoms. The molecule has 0 fully saturated rings. The number of hydrogen-bond acceptors (Lipinski definition) is 1. The second-order valence-corrected chi connectivity index (χ2v) is 4.84. The third-order valence-corrected chi connectivity index (χ3v) is 3.49. The summed E-state index contributed by atoms with van der Waals surface area (Å²) >= 11 is 0. The van der Waals surface area contributed by atoms with Crippen molar-refractivity contribution in [1.82, 2.24) is 0 Å². The van der Waals surface area contributed by atoms with Gasteiger partial charge >= 0.3 is 0 Å². The zero-order valence-corrected chi connectivity index (χ0v) is 11.5. The van der Waals surface area contributed by atoms with Crippen molar-refractivity contribution in [3.05, 3.63) is 34.9 Å². The fourth-order valence-electron chi connectivity index (χ4n) is 1.98. The molecule has 0 aromatic heterocycles. The van der Waals surface area contributed by atoms with Crippen molar-refractivity contribution in [1.29, 1.82) is 0 Å². The fraction of sp³-hybridized carbons (Fsp3) is 0.562. The molecule has 1 aromatic rings. The predicted octanol–water partition coefficient (Wildman–Crippen LogP) is 4.43. The van der Waals surface area contributed by atoms with E-state index in [0.717, 1.165) is 24.8 Å². The number of carbonyl (C=O) groups is 1. The second kappa shape index (κ2) is 6.58. The van der Waals surface area contributed by atoms with Crippen LogP contribution in [0.3, 0.4) is 0 Å². The molecule has 0 aliphatic heterocycles. The SMILES string of the molecule is CCc1ccc(CC)c(C(=O)CC(C)CC)c1. The van der Waals surface area contributed by atoms with Crippen LogP contribution in [0.1, 0.15) is 62.0 Å². The highest BCUT2D eigenvalue weighted by atomic mass is 16.1. The van der Waals surface area contributed by atoms with Gasteiger partial charge in [0.2, 0.25) is 0 Å². The Morgan fingerprint density at radius 2 is 1.88 bits per heavy atom. The normalized spacial score (nSPS) is 12.5. The van der Waals surface area contributed by atoms with Crippen LogP contribution in [-0.2, 0) is 12.8 Å². The third kappa shape index (κ3) is 3.69. The minimum atomic E-state index is 0.312. The predicted molar refractivity (Wildman–Crippen MR) is 73.6 cm³/mol. The molecule has 1 aromatic carbocycles. The van der Waals surface area contributed by atoms with Crippen LogP contribution in [0.15, 0.2) is 18.2 Å². The smallest absolute Gasteiger partial charge is 0.163 e. The van der Waals surface area contributed by atoms with E-state index in [4.69, 9.17) is 0 Å². The van der Waals surface area contributed by atoms with Crippen LogP contribution in [0.25, 0.3) is 0 Å². The molecular weight excluding hydrogens is 208 g/mol. The van der Waals surface area contributed by atoms with Gasteiger partial charge in [0.15, 0.2) is 5.78 Å². The van der Waals surface area contributed by atoms with Crippen molar-refractivity contribution in [2.24, 2.45) is 5.92 Å². The Kier molecular flexibility index (Phi) is 5.40. The van der Waals surface area contributed by atoms with Crippen LogP contribution in [0.5, 0.6) is 0 Å². The summed E-state index contributed by atoms with van der Waals surface area (Å²) in [4.78, 5) is 12.3. The van der Waals surface area contributed by atoms with E-state index in [-0.39, 0.29) is 0 Å². The number of hydrogen-bond donors (Lipinski definition) is 0. The molecule has 0 amide bonds. The first kappa shape index (κ1) is 14.0. The summed E-state index contributed by atoms with van der Waals surface area (Å²) in [6.45, 7) is 8.53. The van der Waals surface area contributed by atoms with Gasteiger partial charge in [-0.3, -0.25) is 4.79 Å². The zero-order chi connectivity index (χ0) is 12.8. The van der Waals surface area contributed by atoms with Gasteiger partial charge in [-0.2, -0.15) is 0 Å². The topological polar surface area (TPSA) is 17.1 Å². The number of Topliss-reactive ketones (excluding diaryl/α,β-unsaturated/α-hetero) is 1. The maximum atomic E-state index is 12.3. The lowest BCUT2D eigenvalue weighted by Gasteiger charge is -2.12. The van der Waals surface area contributed by atoms with Crippen LogP contribution in [-0.4, -0.2) is 5.78 Å². The van der Waals surface area contributed by atoms with Crippen LogP contribution < -0.4 is 0 Å². The van der Waals surface area contributed by atoms with Gasteiger partial charge < -0.3 is 0 Å². The van der Waals surface area contributed by atoms with Gasteiger partial charge in [-0.05, 0) is 36.0 Å².